The van der Waals surface area contributed by atoms with Crippen LogP contribution in [0.4, 0.5) is 0 Å². The number of ether oxygens (including phenoxy) is 3. The van der Waals surface area contributed by atoms with Gasteiger partial charge < -0.3 is 23.9 Å². The van der Waals surface area contributed by atoms with Gasteiger partial charge in [-0.05, 0) is 56.4 Å². The maximum absolute atomic E-state index is 14.1. The van der Waals surface area contributed by atoms with Gasteiger partial charge in [-0.2, -0.15) is 0 Å². The fraction of sp³-hybridized carbons (Fsp3) is 0.225. The number of nitrogens with zero attached hydrogens (tertiary/aromatic N) is 1. The summed E-state index contributed by atoms with van der Waals surface area (Å²) in [5.74, 6) is 0.544. The van der Waals surface area contributed by atoms with E-state index >= 15 is 0 Å². The molecule has 0 radical (unpaired) electrons. The third kappa shape index (κ3) is 8.48. The number of aromatic nitrogens is 1. The second-order valence-electron chi connectivity index (χ2n) is 11.6. The van der Waals surface area contributed by atoms with Crippen LogP contribution in [0.15, 0.2) is 131 Å². The molecule has 1 heterocycles. The Balaban J connectivity index is 1.58. The van der Waals surface area contributed by atoms with E-state index < -0.39 is 5.56 Å². The first-order valence-electron chi connectivity index (χ1n) is 15.6. The van der Waals surface area contributed by atoms with Gasteiger partial charge >= 0.3 is 0 Å². The van der Waals surface area contributed by atoms with Gasteiger partial charge in [-0.1, -0.05) is 108 Å². The smallest absolute Gasteiger partial charge is 0.297 e. The first-order valence-corrected chi connectivity index (χ1v) is 15.6. The zero-order valence-corrected chi connectivity index (χ0v) is 26.7. The van der Waals surface area contributed by atoms with Gasteiger partial charge in [-0.25, -0.2) is 0 Å². The average Bonchev–Trinajstić information content (AvgIpc) is 3.07. The van der Waals surface area contributed by atoms with Crippen LogP contribution in [0, 0.1) is 0 Å². The summed E-state index contributed by atoms with van der Waals surface area (Å²) in [6.45, 7) is 7.23. The summed E-state index contributed by atoms with van der Waals surface area (Å²) in [7, 11) is 0. The topological polar surface area (TPSA) is 69.9 Å². The van der Waals surface area contributed by atoms with Crippen LogP contribution < -0.4 is 19.8 Å². The minimum atomic E-state index is -0.432. The highest BCUT2D eigenvalue weighted by molar-refractivity contribution is 5.94. The number of rotatable bonds is 14. The maximum Gasteiger partial charge on any atom is 0.297 e. The van der Waals surface area contributed by atoms with Crippen molar-refractivity contribution in [2.75, 3.05) is 6.61 Å². The zero-order valence-electron chi connectivity index (χ0n) is 26.7. The fourth-order valence-corrected chi connectivity index (χ4v) is 5.16. The van der Waals surface area contributed by atoms with Crippen LogP contribution in [0.3, 0.4) is 0 Å². The molecule has 0 aliphatic carbocycles. The Bertz CT molecular complexity index is 1860. The van der Waals surface area contributed by atoms with Crippen LogP contribution in [0.5, 0.6) is 23.0 Å². The molecule has 0 fully saturated rings. The van der Waals surface area contributed by atoms with Gasteiger partial charge in [0.2, 0.25) is 5.75 Å². The molecule has 0 saturated heterocycles. The molecular formula is C40H41NO5. The molecule has 1 aromatic heterocycles. The highest BCUT2D eigenvalue weighted by Crippen LogP contribution is 2.41. The number of pyridine rings is 1. The van der Waals surface area contributed by atoms with Crippen LogP contribution in [0.25, 0.3) is 10.9 Å². The second-order valence-corrected chi connectivity index (χ2v) is 11.6. The van der Waals surface area contributed by atoms with Gasteiger partial charge in [0.15, 0.2) is 5.75 Å². The Morgan fingerprint density at radius 1 is 0.739 bits per heavy atom. The van der Waals surface area contributed by atoms with Crippen molar-refractivity contribution in [3.63, 3.8) is 0 Å². The molecule has 4 aromatic carbocycles. The number of benzene rings is 4. The van der Waals surface area contributed by atoms with E-state index in [2.05, 4.69) is 19.9 Å². The molecule has 1 N–H and O–H groups in total. The predicted octanol–water partition coefficient (Wildman–Crippen LogP) is 8.98. The van der Waals surface area contributed by atoms with Gasteiger partial charge in [0.25, 0.3) is 5.56 Å². The van der Waals surface area contributed by atoms with Crippen LogP contribution in [0.2, 0.25) is 0 Å². The van der Waals surface area contributed by atoms with E-state index in [0.717, 1.165) is 35.1 Å². The molecule has 5 aromatic rings. The molecule has 0 bridgehead atoms. The molecule has 5 rings (SSSR count). The molecule has 236 valence electrons. The minimum Gasteiger partial charge on any atom is -0.504 e. The number of fused-ring (bicyclic) bond motifs is 1. The lowest BCUT2D eigenvalue weighted by Crippen LogP contribution is -2.23. The van der Waals surface area contributed by atoms with Gasteiger partial charge in [0.05, 0.1) is 17.4 Å². The first-order chi connectivity index (χ1) is 22.4. The molecule has 0 atom stereocenters. The van der Waals surface area contributed by atoms with Crippen LogP contribution in [-0.2, 0) is 19.8 Å². The van der Waals surface area contributed by atoms with Gasteiger partial charge in [0, 0.05) is 12.1 Å². The maximum atomic E-state index is 14.1. The van der Waals surface area contributed by atoms with Crippen LogP contribution >= 0.6 is 0 Å². The van der Waals surface area contributed by atoms with Crippen molar-refractivity contribution in [2.24, 2.45) is 0 Å². The van der Waals surface area contributed by atoms with E-state index in [1.165, 1.54) is 5.57 Å². The van der Waals surface area contributed by atoms with E-state index in [-0.39, 0.29) is 31.3 Å². The number of hydrogen-bond acceptors (Lipinski definition) is 5. The Labute approximate surface area is 270 Å². The highest BCUT2D eigenvalue weighted by atomic mass is 16.5. The van der Waals surface area contributed by atoms with Crippen LogP contribution in [0.1, 0.15) is 50.3 Å². The summed E-state index contributed by atoms with van der Waals surface area (Å²) < 4.78 is 20.2. The van der Waals surface area contributed by atoms with E-state index in [1.807, 2.05) is 104 Å². The summed E-state index contributed by atoms with van der Waals surface area (Å²) in [6, 6.07) is 33.0. The van der Waals surface area contributed by atoms with Crippen molar-refractivity contribution in [3.05, 3.63) is 153 Å². The summed E-state index contributed by atoms with van der Waals surface area (Å²) in [6.07, 6.45) is 5.98. The SMILES string of the molecule is CC(C)=CCC/C(C)=C/COc1c(O)c2c(OCc3ccccc3)cc(OCc3ccccc3)cc2n(Cc2ccccc2)c1=O. The summed E-state index contributed by atoms with van der Waals surface area (Å²) in [5.41, 5.74) is 5.39. The number of aromatic hydroxyl groups is 1. The average molecular weight is 616 g/mol. The normalized spacial score (nSPS) is 11.3. The molecule has 6 heteroatoms. The minimum absolute atomic E-state index is 0.112. The largest absolute Gasteiger partial charge is 0.504 e. The molecule has 0 unspecified atom stereocenters. The molecule has 6 nitrogen and oxygen atoms in total. The Morgan fingerprint density at radius 3 is 1.93 bits per heavy atom. The molecule has 0 aliphatic heterocycles. The monoisotopic (exact) mass is 615 g/mol. The molecular weight excluding hydrogens is 574 g/mol. The quantitative estimate of drug-likeness (QED) is 0.126. The van der Waals surface area contributed by atoms with Gasteiger partial charge in [-0.15, -0.1) is 0 Å². The predicted molar refractivity (Wildman–Crippen MR) is 185 cm³/mol. The number of hydrogen-bond donors (Lipinski definition) is 1. The van der Waals surface area contributed by atoms with Crippen molar-refractivity contribution in [3.8, 4) is 23.0 Å². The van der Waals surface area contributed by atoms with Gasteiger partial charge in [0.1, 0.15) is 31.3 Å². The molecule has 0 aliphatic rings. The van der Waals surface area contributed by atoms with E-state index in [0.29, 0.717) is 29.0 Å². The van der Waals surface area contributed by atoms with E-state index in [4.69, 9.17) is 14.2 Å². The lowest BCUT2D eigenvalue weighted by molar-refractivity contribution is 0.291. The van der Waals surface area contributed by atoms with Crippen molar-refractivity contribution in [2.45, 2.75) is 53.4 Å². The lowest BCUT2D eigenvalue weighted by atomic mass is 10.1. The third-order valence-corrected chi connectivity index (χ3v) is 7.66. The van der Waals surface area contributed by atoms with Crippen molar-refractivity contribution in [1.82, 2.24) is 4.57 Å². The fourth-order valence-electron chi connectivity index (χ4n) is 5.16. The molecule has 0 saturated carbocycles. The summed E-state index contributed by atoms with van der Waals surface area (Å²) >= 11 is 0. The number of allylic oxidation sites excluding steroid dienone is 3. The van der Waals surface area contributed by atoms with Crippen LogP contribution in [-0.4, -0.2) is 16.3 Å². The third-order valence-electron chi connectivity index (χ3n) is 7.66. The van der Waals surface area contributed by atoms with Gasteiger partial charge in [-0.3, -0.25) is 4.79 Å². The first kappa shape index (κ1) is 32.2. The van der Waals surface area contributed by atoms with Crippen molar-refractivity contribution in [1.29, 1.82) is 0 Å². The molecule has 0 amide bonds. The Kier molecular flexibility index (Phi) is 11.0. The Morgan fingerprint density at radius 2 is 1.33 bits per heavy atom. The standard InChI is InChI=1S/C40H41NO5/c1-29(2)14-13-15-30(3)22-23-44-39-38(42)37-35(41(40(39)43)26-31-16-7-4-8-17-31)24-34(45-27-32-18-9-5-10-19-32)25-36(37)46-28-33-20-11-6-12-21-33/h4-12,14,16-22,24-25,42H,13,15,23,26-28H2,1-3H3/b30-22+. The highest BCUT2D eigenvalue weighted by Gasteiger charge is 2.23. The van der Waals surface area contributed by atoms with E-state index in [1.54, 1.807) is 16.7 Å². The zero-order chi connectivity index (χ0) is 32.3. The molecule has 0 spiro atoms. The van der Waals surface area contributed by atoms with Crippen molar-refractivity contribution >= 4 is 10.9 Å². The second kappa shape index (κ2) is 15.7. The summed E-state index contributed by atoms with van der Waals surface area (Å²) in [5, 5.41) is 12.1. The van der Waals surface area contributed by atoms with Crippen molar-refractivity contribution < 1.29 is 19.3 Å². The Hall–Kier alpha value is -5.23. The lowest BCUT2D eigenvalue weighted by Gasteiger charge is -2.19. The molecule has 46 heavy (non-hydrogen) atoms. The van der Waals surface area contributed by atoms with E-state index in [9.17, 15) is 9.90 Å². The summed E-state index contributed by atoms with van der Waals surface area (Å²) in [4.78, 5) is 14.1.